The van der Waals surface area contributed by atoms with Crippen LogP contribution in [0.1, 0.15) is 11.1 Å². The summed E-state index contributed by atoms with van der Waals surface area (Å²) in [5.74, 6) is 1.37. The van der Waals surface area contributed by atoms with Gasteiger partial charge in [0, 0.05) is 17.2 Å². The van der Waals surface area contributed by atoms with Crippen molar-refractivity contribution in [1.29, 1.82) is 0 Å². The predicted octanol–water partition coefficient (Wildman–Crippen LogP) is 2.11. The standard InChI is InChI=1S/C16H18FNO2/c1-19-14-7-12(8-15(9-14)20-2)10-18-11-13-5-3-4-6-16(13)17/h3-9,18H,10-11H2,1-2H3/p+1. The fraction of sp³-hybridized carbons (Fsp3) is 0.250. The number of hydrogen-bond acceptors (Lipinski definition) is 2. The summed E-state index contributed by atoms with van der Waals surface area (Å²) in [4.78, 5) is 0. The maximum absolute atomic E-state index is 13.5. The van der Waals surface area contributed by atoms with Gasteiger partial charge in [-0.1, -0.05) is 18.2 Å². The third kappa shape index (κ3) is 3.71. The molecule has 0 saturated carbocycles. The molecule has 0 radical (unpaired) electrons. The molecule has 0 amide bonds. The first-order chi connectivity index (χ1) is 9.72. The molecule has 0 spiro atoms. The molecule has 0 atom stereocenters. The van der Waals surface area contributed by atoms with Crippen LogP contribution in [0.3, 0.4) is 0 Å². The molecule has 0 aliphatic heterocycles. The highest BCUT2D eigenvalue weighted by Gasteiger charge is 2.05. The van der Waals surface area contributed by atoms with Gasteiger partial charge in [-0.25, -0.2) is 4.39 Å². The van der Waals surface area contributed by atoms with E-state index >= 15 is 0 Å². The molecule has 0 saturated heterocycles. The quantitative estimate of drug-likeness (QED) is 0.877. The minimum atomic E-state index is -0.160. The van der Waals surface area contributed by atoms with Crippen LogP contribution in [0.2, 0.25) is 0 Å². The van der Waals surface area contributed by atoms with Crippen molar-refractivity contribution in [2.24, 2.45) is 0 Å². The molecule has 0 fully saturated rings. The summed E-state index contributed by atoms with van der Waals surface area (Å²) in [6, 6.07) is 12.6. The molecule has 0 aromatic heterocycles. The summed E-state index contributed by atoms with van der Waals surface area (Å²) in [7, 11) is 3.25. The fourth-order valence-corrected chi connectivity index (χ4v) is 2.04. The van der Waals surface area contributed by atoms with Gasteiger partial charge in [0.25, 0.3) is 0 Å². The highest BCUT2D eigenvalue weighted by molar-refractivity contribution is 5.38. The van der Waals surface area contributed by atoms with Gasteiger partial charge in [0.1, 0.15) is 30.4 Å². The van der Waals surface area contributed by atoms with E-state index in [2.05, 4.69) is 0 Å². The van der Waals surface area contributed by atoms with Gasteiger partial charge in [-0.05, 0) is 18.2 Å². The smallest absolute Gasteiger partial charge is 0.132 e. The Hall–Kier alpha value is -2.07. The van der Waals surface area contributed by atoms with Crippen LogP contribution < -0.4 is 14.8 Å². The van der Waals surface area contributed by atoms with Gasteiger partial charge in [-0.2, -0.15) is 0 Å². The lowest BCUT2D eigenvalue weighted by Crippen LogP contribution is -2.80. The van der Waals surface area contributed by atoms with E-state index < -0.39 is 0 Å². The molecule has 2 aromatic carbocycles. The lowest BCUT2D eigenvalue weighted by Gasteiger charge is -2.08. The number of methoxy groups -OCH3 is 2. The number of nitrogens with two attached hydrogens (primary N) is 1. The van der Waals surface area contributed by atoms with E-state index in [4.69, 9.17) is 9.47 Å². The minimum Gasteiger partial charge on any atom is -0.497 e. The minimum absolute atomic E-state index is 0.160. The van der Waals surface area contributed by atoms with Crippen LogP contribution in [0.4, 0.5) is 4.39 Å². The summed E-state index contributed by atoms with van der Waals surface area (Å²) in [5, 5.41) is 2.05. The average Bonchev–Trinajstić information content (AvgIpc) is 2.48. The first-order valence-corrected chi connectivity index (χ1v) is 6.50. The van der Waals surface area contributed by atoms with Gasteiger partial charge < -0.3 is 14.8 Å². The highest BCUT2D eigenvalue weighted by atomic mass is 19.1. The molecule has 106 valence electrons. The second kappa shape index (κ2) is 6.91. The normalized spacial score (nSPS) is 10.3. The Balaban J connectivity index is 1.99. The molecule has 2 rings (SSSR count). The second-order valence-corrected chi connectivity index (χ2v) is 4.51. The molecule has 0 aliphatic carbocycles. The zero-order valence-corrected chi connectivity index (χ0v) is 11.7. The van der Waals surface area contributed by atoms with Crippen LogP contribution in [-0.2, 0) is 13.1 Å². The summed E-state index contributed by atoms with van der Waals surface area (Å²) < 4.78 is 23.9. The van der Waals surface area contributed by atoms with Crippen molar-refractivity contribution >= 4 is 0 Å². The molecule has 2 N–H and O–H groups in total. The van der Waals surface area contributed by atoms with E-state index in [1.54, 1.807) is 26.4 Å². The zero-order chi connectivity index (χ0) is 14.4. The topological polar surface area (TPSA) is 35.1 Å². The number of ether oxygens (including phenoxy) is 2. The van der Waals surface area contributed by atoms with Crippen LogP contribution in [0.5, 0.6) is 11.5 Å². The summed E-state index contributed by atoms with van der Waals surface area (Å²) in [6.07, 6.45) is 0. The second-order valence-electron chi connectivity index (χ2n) is 4.51. The first kappa shape index (κ1) is 14.3. The molecular weight excluding hydrogens is 257 g/mol. The van der Waals surface area contributed by atoms with Crippen molar-refractivity contribution < 1.29 is 19.2 Å². The van der Waals surface area contributed by atoms with Crippen molar-refractivity contribution in [3.05, 3.63) is 59.4 Å². The molecule has 3 nitrogen and oxygen atoms in total. The lowest BCUT2D eigenvalue weighted by atomic mass is 10.1. The van der Waals surface area contributed by atoms with Crippen LogP contribution in [0.25, 0.3) is 0 Å². The third-order valence-electron chi connectivity index (χ3n) is 3.11. The fourth-order valence-electron chi connectivity index (χ4n) is 2.04. The van der Waals surface area contributed by atoms with Crippen LogP contribution >= 0.6 is 0 Å². The summed E-state index contributed by atoms with van der Waals surface area (Å²) in [5.41, 5.74) is 1.79. The molecule has 0 unspecified atom stereocenters. The van der Waals surface area contributed by atoms with Gasteiger partial charge in [0.05, 0.1) is 14.2 Å². The highest BCUT2D eigenvalue weighted by Crippen LogP contribution is 2.21. The van der Waals surface area contributed by atoms with Crippen LogP contribution in [-0.4, -0.2) is 14.2 Å². The SMILES string of the molecule is COc1cc(C[NH2+]Cc2ccccc2F)cc(OC)c1. The van der Waals surface area contributed by atoms with Gasteiger partial charge >= 0.3 is 0 Å². The van der Waals surface area contributed by atoms with Crippen molar-refractivity contribution in [1.82, 2.24) is 0 Å². The van der Waals surface area contributed by atoms with Crippen molar-refractivity contribution in [2.75, 3.05) is 14.2 Å². The van der Waals surface area contributed by atoms with E-state index in [0.29, 0.717) is 12.1 Å². The Bertz CT molecular complexity index is 550. The van der Waals surface area contributed by atoms with E-state index in [-0.39, 0.29) is 5.82 Å². The van der Waals surface area contributed by atoms with Crippen molar-refractivity contribution in [3.8, 4) is 11.5 Å². The Kier molecular flexibility index (Phi) is 4.96. The zero-order valence-electron chi connectivity index (χ0n) is 11.7. The number of quaternary nitrogens is 1. The molecule has 0 aliphatic rings. The largest absolute Gasteiger partial charge is 0.497 e. The summed E-state index contributed by atoms with van der Waals surface area (Å²) in [6.45, 7) is 1.34. The van der Waals surface area contributed by atoms with Gasteiger partial charge in [0.15, 0.2) is 0 Å². The Morgan fingerprint density at radius 3 is 2.20 bits per heavy atom. The monoisotopic (exact) mass is 276 g/mol. The molecule has 0 heterocycles. The number of benzene rings is 2. The average molecular weight is 276 g/mol. The van der Waals surface area contributed by atoms with E-state index in [0.717, 1.165) is 23.6 Å². The predicted molar refractivity (Wildman–Crippen MR) is 75.3 cm³/mol. The Morgan fingerprint density at radius 2 is 1.60 bits per heavy atom. The molecular formula is C16H19FNO2+. The first-order valence-electron chi connectivity index (χ1n) is 6.50. The van der Waals surface area contributed by atoms with Gasteiger partial charge in [-0.3, -0.25) is 0 Å². The van der Waals surface area contributed by atoms with E-state index in [1.807, 2.05) is 29.6 Å². The maximum Gasteiger partial charge on any atom is 0.132 e. The summed E-state index contributed by atoms with van der Waals surface area (Å²) >= 11 is 0. The molecule has 4 heteroatoms. The van der Waals surface area contributed by atoms with Crippen LogP contribution in [0.15, 0.2) is 42.5 Å². The molecule has 0 bridgehead atoms. The molecule has 20 heavy (non-hydrogen) atoms. The number of halogens is 1. The molecule has 2 aromatic rings. The Morgan fingerprint density at radius 1 is 0.950 bits per heavy atom. The van der Waals surface area contributed by atoms with E-state index in [9.17, 15) is 4.39 Å². The lowest BCUT2D eigenvalue weighted by molar-refractivity contribution is -0.686. The number of hydrogen-bond donors (Lipinski definition) is 1. The van der Waals surface area contributed by atoms with Crippen molar-refractivity contribution in [3.63, 3.8) is 0 Å². The van der Waals surface area contributed by atoms with E-state index in [1.165, 1.54) is 6.07 Å². The van der Waals surface area contributed by atoms with Gasteiger partial charge in [-0.15, -0.1) is 0 Å². The Labute approximate surface area is 118 Å². The maximum atomic E-state index is 13.5. The van der Waals surface area contributed by atoms with Gasteiger partial charge in [0.2, 0.25) is 0 Å². The number of rotatable bonds is 6. The van der Waals surface area contributed by atoms with Crippen LogP contribution in [0, 0.1) is 5.82 Å². The van der Waals surface area contributed by atoms with Crippen molar-refractivity contribution in [2.45, 2.75) is 13.1 Å². The third-order valence-corrected chi connectivity index (χ3v) is 3.11.